The van der Waals surface area contributed by atoms with E-state index in [1.807, 2.05) is 0 Å². The zero-order valence-corrected chi connectivity index (χ0v) is 19.2. The van der Waals surface area contributed by atoms with Gasteiger partial charge >= 0.3 is 0 Å². The average molecular weight is 408 g/mol. The number of piperidine rings is 1. The standard InChI is InChI=1S/C28H41NO/c1-4-6-7-8-15-21-28(30)22(3)26(23-17-11-9-12-18-23)29-27(25(28)16-5-2)24-19-13-10-14-20-24/h9-14,17-20,22,25-27,29-30H,4-8,15-16,21H2,1-3H3/t22-,25+,26-,27-,28+/m1/s1. The van der Waals surface area contributed by atoms with Crippen LogP contribution in [0.4, 0.5) is 0 Å². The predicted octanol–water partition coefficient (Wildman–Crippen LogP) is 7.22. The van der Waals surface area contributed by atoms with Crippen molar-refractivity contribution in [2.45, 2.75) is 89.8 Å². The summed E-state index contributed by atoms with van der Waals surface area (Å²) < 4.78 is 0. The molecule has 0 spiro atoms. The van der Waals surface area contributed by atoms with Gasteiger partial charge in [-0.2, -0.15) is 0 Å². The van der Waals surface area contributed by atoms with E-state index in [-0.39, 0.29) is 23.9 Å². The lowest BCUT2D eigenvalue weighted by Gasteiger charge is -2.53. The zero-order valence-electron chi connectivity index (χ0n) is 19.2. The van der Waals surface area contributed by atoms with E-state index < -0.39 is 5.60 Å². The average Bonchev–Trinajstić information content (AvgIpc) is 2.78. The maximum absolute atomic E-state index is 12.3. The lowest BCUT2D eigenvalue weighted by molar-refractivity contribution is -0.126. The van der Waals surface area contributed by atoms with Crippen LogP contribution in [0, 0.1) is 11.8 Å². The SMILES string of the molecule is CCCCCCC[C@]1(O)[C@H](C)[C@H](c2ccccc2)N[C@H](c2ccccc2)[C@@H]1CCC. The minimum absolute atomic E-state index is 0.158. The summed E-state index contributed by atoms with van der Waals surface area (Å²) in [6.07, 6.45) is 9.22. The number of hydrogen-bond acceptors (Lipinski definition) is 2. The molecule has 0 aromatic heterocycles. The third-order valence-corrected chi connectivity index (χ3v) is 7.29. The number of rotatable bonds is 10. The van der Waals surface area contributed by atoms with E-state index in [1.54, 1.807) is 0 Å². The Hall–Kier alpha value is -1.64. The van der Waals surface area contributed by atoms with Crippen molar-refractivity contribution in [3.8, 4) is 0 Å². The van der Waals surface area contributed by atoms with Gasteiger partial charge in [0.1, 0.15) is 0 Å². The molecule has 2 heteroatoms. The molecule has 3 rings (SSSR count). The molecule has 1 aliphatic rings. The Bertz CT molecular complexity index is 731. The maximum Gasteiger partial charge on any atom is 0.0737 e. The van der Waals surface area contributed by atoms with Crippen molar-refractivity contribution in [1.29, 1.82) is 0 Å². The Labute approximate surface area is 184 Å². The number of hydrogen-bond donors (Lipinski definition) is 2. The van der Waals surface area contributed by atoms with E-state index in [0.717, 1.165) is 25.7 Å². The molecule has 5 atom stereocenters. The summed E-state index contributed by atoms with van der Waals surface area (Å²) in [5.74, 6) is 0.397. The minimum atomic E-state index is -0.658. The maximum atomic E-state index is 12.3. The Morgan fingerprint density at radius 3 is 1.90 bits per heavy atom. The number of unbranched alkanes of at least 4 members (excludes halogenated alkanes) is 4. The van der Waals surface area contributed by atoms with Crippen LogP contribution in [0.15, 0.2) is 60.7 Å². The lowest BCUT2D eigenvalue weighted by Crippen LogP contribution is -2.58. The van der Waals surface area contributed by atoms with E-state index in [9.17, 15) is 5.11 Å². The van der Waals surface area contributed by atoms with Crippen molar-refractivity contribution in [3.05, 3.63) is 71.8 Å². The van der Waals surface area contributed by atoms with Gasteiger partial charge in [-0.3, -0.25) is 0 Å². The first-order valence-electron chi connectivity index (χ1n) is 12.2. The predicted molar refractivity (Wildman–Crippen MR) is 127 cm³/mol. The van der Waals surface area contributed by atoms with Crippen LogP contribution in [0.3, 0.4) is 0 Å². The van der Waals surface area contributed by atoms with Crippen molar-refractivity contribution in [2.75, 3.05) is 0 Å². The van der Waals surface area contributed by atoms with E-state index in [4.69, 9.17) is 0 Å². The van der Waals surface area contributed by atoms with Gasteiger partial charge in [0.05, 0.1) is 5.60 Å². The van der Waals surface area contributed by atoms with Crippen LogP contribution in [-0.2, 0) is 0 Å². The topological polar surface area (TPSA) is 32.3 Å². The van der Waals surface area contributed by atoms with E-state index >= 15 is 0 Å². The molecule has 0 unspecified atom stereocenters. The molecular formula is C28H41NO. The number of aliphatic hydroxyl groups is 1. The molecule has 1 aliphatic heterocycles. The molecule has 2 aromatic rings. The Morgan fingerprint density at radius 1 is 0.767 bits per heavy atom. The third kappa shape index (κ3) is 5.15. The summed E-state index contributed by atoms with van der Waals surface area (Å²) in [5.41, 5.74) is 1.92. The third-order valence-electron chi connectivity index (χ3n) is 7.29. The summed E-state index contributed by atoms with van der Waals surface area (Å²) >= 11 is 0. The van der Waals surface area contributed by atoms with Crippen molar-refractivity contribution < 1.29 is 5.11 Å². The summed E-state index contributed by atoms with van der Waals surface area (Å²) in [6, 6.07) is 21.8. The fourth-order valence-corrected chi connectivity index (χ4v) is 5.56. The van der Waals surface area contributed by atoms with Gasteiger partial charge in [0.2, 0.25) is 0 Å². The molecule has 0 radical (unpaired) electrons. The summed E-state index contributed by atoms with van der Waals surface area (Å²) in [4.78, 5) is 0. The first-order chi connectivity index (χ1) is 14.6. The van der Waals surface area contributed by atoms with Crippen LogP contribution in [-0.4, -0.2) is 10.7 Å². The van der Waals surface area contributed by atoms with Crippen LogP contribution in [0.1, 0.15) is 95.3 Å². The second kappa shape index (κ2) is 11.1. The van der Waals surface area contributed by atoms with Gasteiger partial charge in [0.25, 0.3) is 0 Å². The molecule has 164 valence electrons. The first-order valence-corrected chi connectivity index (χ1v) is 12.2. The second-order valence-corrected chi connectivity index (χ2v) is 9.28. The highest BCUT2D eigenvalue weighted by Crippen LogP contribution is 2.50. The number of nitrogens with one attached hydrogen (secondary N) is 1. The van der Waals surface area contributed by atoms with Gasteiger partial charge < -0.3 is 10.4 Å². The molecule has 30 heavy (non-hydrogen) atoms. The second-order valence-electron chi connectivity index (χ2n) is 9.28. The van der Waals surface area contributed by atoms with Gasteiger partial charge in [0, 0.05) is 23.9 Å². The molecule has 1 saturated heterocycles. The highest BCUT2D eigenvalue weighted by atomic mass is 16.3. The van der Waals surface area contributed by atoms with Crippen molar-refractivity contribution in [1.82, 2.24) is 5.32 Å². The summed E-state index contributed by atoms with van der Waals surface area (Å²) in [7, 11) is 0. The first kappa shape index (κ1) is 23.0. The zero-order chi connectivity index (χ0) is 21.4. The van der Waals surface area contributed by atoms with Gasteiger partial charge in [-0.1, -0.05) is 120 Å². The molecule has 1 heterocycles. The molecule has 0 bridgehead atoms. The Kier molecular flexibility index (Phi) is 8.53. The summed E-state index contributed by atoms with van der Waals surface area (Å²) in [5, 5.41) is 16.3. The molecule has 0 aliphatic carbocycles. The highest BCUT2D eigenvalue weighted by Gasteiger charge is 2.52. The molecule has 0 saturated carbocycles. The van der Waals surface area contributed by atoms with Crippen LogP contribution >= 0.6 is 0 Å². The molecule has 0 amide bonds. The molecular weight excluding hydrogens is 366 g/mol. The smallest absolute Gasteiger partial charge is 0.0737 e. The van der Waals surface area contributed by atoms with Crippen molar-refractivity contribution in [2.24, 2.45) is 11.8 Å². The van der Waals surface area contributed by atoms with Gasteiger partial charge in [0.15, 0.2) is 0 Å². The van der Waals surface area contributed by atoms with Gasteiger partial charge in [-0.05, 0) is 24.0 Å². The Balaban J connectivity index is 1.94. The van der Waals surface area contributed by atoms with Crippen LogP contribution < -0.4 is 5.32 Å². The van der Waals surface area contributed by atoms with E-state index in [2.05, 4.69) is 86.8 Å². The van der Waals surface area contributed by atoms with Gasteiger partial charge in [-0.25, -0.2) is 0 Å². The monoisotopic (exact) mass is 407 g/mol. The largest absolute Gasteiger partial charge is 0.389 e. The lowest BCUT2D eigenvalue weighted by atomic mass is 9.62. The highest BCUT2D eigenvalue weighted by molar-refractivity contribution is 5.28. The molecule has 2 nitrogen and oxygen atoms in total. The normalized spacial score (nSPS) is 29.1. The molecule has 2 aromatic carbocycles. The summed E-state index contributed by atoms with van der Waals surface area (Å²) in [6.45, 7) is 6.77. The molecule has 2 N–H and O–H groups in total. The molecule has 1 fully saturated rings. The van der Waals surface area contributed by atoms with Crippen LogP contribution in [0.5, 0.6) is 0 Å². The van der Waals surface area contributed by atoms with Crippen molar-refractivity contribution in [3.63, 3.8) is 0 Å². The Morgan fingerprint density at radius 2 is 1.33 bits per heavy atom. The quantitative estimate of drug-likeness (QED) is 0.408. The van der Waals surface area contributed by atoms with Crippen LogP contribution in [0.2, 0.25) is 0 Å². The van der Waals surface area contributed by atoms with E-state index in [1.165, 1.54) is 36.8 Å². The fourth-order valence-electron chi connectivity index (χ4n) is 5.56. The van der Waals surface area contributed by atoms with Crippen LogP contribution in [0.25, 0.3) is 0 Å². The fraction of sp³-hybridized carbons (Fsp3) is 0.571. The van der Waals surface area contributed by atoms with Crippen molar-refractivity contribution >= 4 is 0 Å². The minimum Gasteiger partial charge on any atom is -0.389 e. The van der Waals surface area contributed by atoms with Gasteiger partial charge in [-0.15, -0.1) is 0 Å². The van der Waals surface area contributed by atoms with E-state index in [0.29, 0.717) is 0 Å². The number of benzene rings is 2.